The predicted octanol–water partition coefficient (Wildman–Crippen LogP) is 2.74. The Morgan fingerprint density at radius 2 is 1.74 bits per heavy atom. The van der Waals surface area contributed by atoms with Crippen molar-refractivity contribution in [3.05, 3.63) is 30.1 Å². The fourth-order valence-corrected chi connectivity index (χ4v) is 2.10. The van der Waals surface area contributed by atoms with E-state index in [0.717, 1.165) is 0 Å². The van der Waals surface area contributed by atoms with Gasteiger partial charge in [0, 0.05) is 17.8 Å². The van der Waals surface area contributed by atoms with Gasteiger partial charge < -0.3 is 19.5 Å². The molecule has 1 aromatic heterocycles. The smallest absolute Gasteiger partial charge is 0.256 e. The van der Waals surface area contributed by atoms with Gasteiger partial charge in [-0.15, -0.1) is 0 Å². The fourth-order valence-electron chi connectivity index (χ4n) is 2.10. The second-order valence-electron chi connectivity index (χ2n) is 5.17. The summed E-state index contributed by atoms with van der Waals surface area (Å²) < 4.78 is 17.5. The molecule has 7 nitrogen and oxygen atoms in total. The topological polar surface area (TPSA) is 74.6 Å². The standard InChI is InChI=1S/C16H21N3O4/c1-10(2)19-9-12(8-17-19)18-16(20)11-6-13(21-3)15(23-5)14(7-11)22-4/h6-10H,1-5H3,(H,18,20). The average Bonchev–Trinajstić information content (AvgIpc) is 3.01. The van der Waals surface area contributed by atoms with Gasteiger partial charge in [0.2, 0.25) is 5.75 Å². The van der Waals surface area contributed by atoms with Crippen molar-refractivity contribution < 1.29 is 19.0 Å². The van der Waals surface area contributed by atoms with Crippen LogP contribution < -0.4 is 19.5 Å². The third kappa shape index (κ3) is 3.56. The molecule has 0 aliphatic heterocycles. The summed E-state index contributed by atoms with van der Waals surface area (Å²) in [5, 5.41) is 6.99. The number of benzene rings is 1. The molecule has 1 amide bonds. The number of anilines is 1. The normalized spacial score (nSPS) is 10.5. The maximum atomic E-state index is 12.4. The largest absolute Gasteiger partial charge is 0.493 e. The van der Waals surface area contributed by atoms with Crippen molar-refractivity contribution in [3.8, 4) is 17.2 Å². The van der Waals surface area contributed by atoms with Crippen molar-refractivity contribution in [1.29, 1.82) is 0 Å². The summed E-state index contributed by atoms with van der Waals surface area (Å²) in [6, 6.07) is 3.43. The maximum Gasteiger partial charge on any atom is 0.256 e. The molecule has 1 aromatic carbocycles. The van der Waals surface area contributed by atoms with Crippen molar-refractivity contribution in [2.45, 2.75) is 19.9 Å². The van der Waals surface area contributed by atoms with Crippen LogP contribution >= 0.6 is 0 Å². The van der Waals surface area contributed by atoms with E-state index in [1.54, 1.807) is 29.2 Å². The van der Waals surface area contributed by atoms with Crippen LogP contribution in [0, 0.1) is 0 Å². The molecule has 0 unspecified atom stereocenters. The summed E-state index contributed by atoms with van der Waals surface area (Å²) in [5.41, 5.74) is 1.02. The van der Waals surface area contributed by atoms with E-state index in [-0.39, 0.29) is 11.9 Å². The Bertz CT molecular complexity index is 669. The van der Waals surface area contributed by atoms with Crippen LogP contribution in [-0.2, 0) is 0 Å². The SMILES string of the molecule is COc1cc(C(=O)Nc2cnn(C(C)C)c2)cc(OC)c1OC. The molecule has 2 aromatic rings. The van der Waals surface area contributed by atoms with E-state index in [2.05, 4.69) is 10.4 Å². The Morgan fingerprint density at radius 1 is 1.13 bits per heavy atom. The molecule has 0 aliphatic carbocycles. The molecule has 0 saturated carbocycles. The van der Waals surface area contributed by atoms with Crippen molar-refractivity contribution in [2.24, 2.45) is 0 Å². The fraction of sp³-hybridized carbons (Fsp3) is 0.375. The van der Waals surface area contributed by atoms with Crippen LogP contribution in [-0.4, -0.2) is 37.0 Å². The lowest BCUT2D eigenvalue weighted by Gasteiger charge is -2.13. The number of methoxy groups -OCH3 is 3. The number of carbonyl (C=O) groups excluding carboxylic acids is 1. The zero-order valence-corrected chi connectivity index (χ0v) is 13.9. The third-order valence-electron chi connectivity index (χ3n) is 3.32. The van der Waals surface area contributed by atoms with Gasteiger partial charge in [0.25, 0.3) is 5.91 Å². The number of nitrogens with zero attached hydrogens (tertiary/aromatic N) is 2. The molecule has 2 rings (SSSR count). The van der Waals surface area contributed by atoms with Crippen LogP contribution in [0.25, 0.3) is 0 Å². The quantitative estimate of drug-likeness (QED) is 0.886. The van der Waals surface area contributed by atoms with Gasteiger partial charge in [0.05, 0.1) is 33.2 Å². The lowest BCUT2D eigenvalue weighted by molar-refractivity contribution is 0.102. The predicted molar refractivity (Wildman–Crippen MR) is 86.7 cm³/mol. The zero-order valence-electron chi connectivity index (χ0n) is 13.9. The Hall–Kier alpha value is -2.70. The monoisotopic (exact) mass is 319 g/mol. The van der Waals surface area contributed by atoms with E-state index in [4.69, 9.17) is 14.2 Å². The number of carbonyl (C=O) groups is 1. The van der Waals surface area contributed by atoms with E-state index >= 15 is 0 Å². The Morgan fingerprint density at radius 3 is 2.17 bits per heavy atom. The van der Waals surface area contributed by atoms with Crippen LogP contribution in [0.5, 0.6) is 17.2 Å². The van der Waals surface area contributed by atoms with E-state index in [1.165, 1.54) is 21.3 Å². The van der Waals surface area contributed by atoms with Gasteiger partial charge in [0.1, 0.15) is 0 Å². The second kappa shape index (κ2) is 7.04. The van der Waals surface area contributed by atoms with Crippen molar-refractivity contribution in [2.75, 3.05) is 26.6 Å². The van der Waals surface area contributed by atoms with Gasteiger partial charge in [-0.2, -0.15) is 5.10 Å². The number of aromatic nitrogens is 2. The Labute approximate surface area is 135 Å². The summed E-state index contributed by atoms with van der Waals surface area (Å²) in [6.07, 6.45) is 3.39. The summed E-state index contributed by atoms with van der Waals surface area (Å²) in [7, 11) is 4.53. The summed E-state index contributed by atoms with van der Waals surface area (Å²) >= 11 is 0. The molecule has 0 atom stereocenters. The summed E-state index contributed by atoms with van der Waals surface area (Å²) in [6.45, 7) is 4.02. The molecule has 0 bridgehead atoms. The Kier molecular flexibility index (Phi) is 5.10. The first-order valence-corrected chi connectivity index (χ1v) is 7.15. The van der Waals surface area contributed by atoms with Gasteiger partial charge in [-0.05, 0) is 26.0 Å². The average molecular weight is 319 g/mol. The van der Waals surface area contributed by atoms with Crippen molar-refractivity contribution in [1.82, 2.24) is 9.78 Å². The van der Waals surface area contributed by atoms with E-state index in [1.807, 2.05) is 13.8 Å². The van der Waals surface area contributed by atoms with Gasteiger partial charge in [-0.25, -0.2) is 0 Å². The molecule has 0 radical (unpaired) electrons. The zero-order chi connectivity index (χ0) is 17.0. The highest BCUT2D eigenvalue weighted by molar-refractivity contribution is 6.05. The molecule has 0 fully saturated rings. The van der Waals surface area contributed by atoms with Gasteiger partial charge in [0.15, 0.2) is 11.5 Å². The van der Waals surface area contributed by atoms with Crippen LogP contribution in [0.4, 0.5) is 5.69 Å². The molecule has 1 N–H and O–H groups in total. The lowest BCUT2D eigenvalue weighted by atomic mass is 10.1. The van der Waals surface area contributed by atoms with Crippen LogP contribution in [0.3, 0.4) is 0 Å². The molecule has 124 valence electrons. The summed E-state index contributed by atoms with van der Waals surface area (Å²) in [4.78, 5) is 12.4. The van der Waals surface area contributed by atoms with Crippen LogP contribution in [0.2, 0.25) is 0 Å². The third-order valence-corrected chi connectivity index (χ3v) is 3.32. The molecule has 0 aliphatic rings. The molecule has 23 heavy (non-hydrogen) atoms. The second-order valence-corrected chi connectivity index (χ2v) is 5.17. The molecule has 0 spiro atoms. The molecule has 7 heteroatoms. The minimum atomic E-state index is -0.285. The van der Waals surface area contributed by atoms with E-state index in [0.29, 0.717) is 28.5 Å². The minimum Gasteiger partial charge on any atom is -0.493 e. The highest BCUT2D eigenvalue weighted by Gasteiger charge is 2.17. The minimum absolute atomic E-state index is 0.224. The van der Waals surface area contributed by atoms with Crippen LogP contribution in [0.15, 0.2) is 24.5 Å². The van der Waals surface area contributed by atoms with Crippen LogP contribution in [0.1, 0.15) is 30.2 Å². The molecule has 1 heterocycles. The number of rotatable bonds is 6. The number of hydrogen-bond acceptors (Lipinski definition) is 5. The first-order valence-electron chi connectivity index (χ1n) is 7.15. The summed E-state index contributed by atoms with van der Waals surface area (Å²) in [5.74, 6) is 1.01. The van der Waals surface area contributed by atoms with Gasteiger partial charge >= 0.3 is 0 Å². The molecular formula is C16H21N3O4. The number of amides is 1. The Balaban J connectivity index is 2.27. The first-order chi connectivity index (χ1) is 11.0. The van der Waals surface area contributed by atoms with Crippen molar-refractivity contribution >= 4 is 11.6 Å². The molecule has 0 saturated heterocycles. The van der Waals surface area contributed by atoms with E-state index in [9.17, 15) is 4.79 Å². The number of nitrogens with one attached hydrogen (secondary N) is 1. The lowest BCUT2D eigenvalue weighted by Crippen LogP contribution is -2.12. The highest BCUT2D eigenvalue weighted by Crippen LogP contribution is 2.38. The van der Waals surface area contributed by atoms with E-state index < -0.39 is 0 Å². The molecular weight excluding hydrogens is 298 g/mol. The maximum absolute atomic E-state index is 12.4. The van der Waals surface area contributed by atoms with Gasteiger partial charge in [-0.1, -0.05) is 0 Å². The number of ether oxygens (including phenoxy) is 3. The van der Waals surface area contributed by atoms with Crippen molar-refractivity contribution in [3.63, 3.8) is 0 Å². The van der Waals surface area contributed by atoms with Gasteiger partial charge in [-0.3, -0.25) is 9.48 Å². The highest BCUT2D eigenvalue weighted by atomic mass is 16.5. The first kappa shape index (κ1) is 16.7. The number of hydrogen-bond donors (Lipinski definition) is 1.